The number of aryl methyl sites for hydroxylation is 1. The molecule has 2 heterocycles. The summed E-state index contributed by atoms with van der Waals surface area (Å²) in [4.78, 5) is 28.9. The number of ketones is 1. The molecule has 4 rings (SSSR count). The number of carbonyl (C=O) groups excluding carboxylic acids is 2. The molecule has 0 aliphatic carbocycles. The molecule has 6 nitrogen and oxygen atoms in total. The van der Waals surface area contributed by atoms with Gasteiger partial charge in [-0.05, 0) is 69.4 Å². The molecule has 0 unspecified atom stereocenters. The van der Waals surface area contributed by atoms with Crippen molar-refractivity contribution in [2.24, 2.45) is 0 Å². The minimum Gasteiger partial charge on any atom is -0.380 e. The first-order valence-corrected chi connectivity index (χ1v) is 10.3. The first kappa shape index (κ1) is 20.6. The number of ether oxygens (including phenoxy) is 1. The summed E-state index contributed by atoms with van der Waals surface area (Å²) in [6.07, 6.45) is 1.01. The fourth-order valence-electron chi connectivity index (χ4n) is 4.61. The van der Waals surface area contributed by atoms with E-state index in [1.54, 1.807) is 18.9 Å². The van der Waals surface area contributed by atoms with Crippen LogP contribution in [-0.4, -0.2) is 60.9 Å². The Morgan fingerprint density at radius 2 is 1.97 bits per heavy atom. The van der Waals surface area contributed by atoms with Crippen LogP contribution >= 0.6 is 0 Å². The van der Waals surface area contributed by atoms with E-state index in [9.17, 15) is 9.59 Å². The van der Waals surface area contributed by atoms with Crippen LogP contribution in [0.25, 0.3) is 21.8 Å². The van der Waals surface area contributed by atoms with Gasteiger partial charge in [0, 0.05) is 60.2 Å². The lowest BCUT2D eigenvalue weighted by atomic mass is 9.98. The van der Waals surface area contributed by atoms with Gasteiger partial charge in [0.25, 0.3) is 5.91 Å². The van der Waals surface area contributed by atoms with E-state index in [2.05, 4.69) is 35.7 Å². The second kappa shape index (κ2) is 7.85. The van der Waals surface area contributed by atoms with E-state index in [1.807, 2.05) is 19.2 Å². The summed E-state index contributed by atoms with van der Waals surface area (Å²) < 4.78 is 7.71. The maximum atomic E-state index is 12.6. The molecule has 158 valence electrons. The van der Waals surface area contributed by atoms with Gasteiger partial charge in [0.15, 0.2) is 5.78 Å². The van der Waals surface area contributed by atoms with Gasteiger partial charge in [0.05, 0.1) is 6.61 Å². The molecular formula is C24H29N3O3. The van der Waals surface area contributed by atoms with Crippen molar-refractivity contribution in [1.29, 1.82) is 0 Å². The molecule has 0 saturated carbocycles. The van der Waals surface area contributed by atoms with Gasteiger partial charge >= 0.3 is 0 Å². The number of nitrogens with zero attached hydrogens (tertiary/aromatic N) is 3. The number of methoxy groups -OCH3 is 1. The van der Waals surface area contributed by atoms with Crippen molar-refractivity contribution in [2.45, 2.75) is 33.0 Å². The molecular weight excluding hydrogens is 378 g/mol. The highest BCUT2D eigenvalue weighted by Crippen LogP contribution is 2.38. The van der Waals surface area contributed by atoms with Crippen molar-refractivity contribution < 1.29 is 14.3 Å². The van der Waals surface area contributed by atoms with Crippen molar-refractivity contribution in [3.63, 3.8) is 0 Å². The Hall–Kier alpha value is -2.70. The van der Waals surface area contributed by atoms with Crippen LogP contribution in [0.4, 0.5) is 0 Å². The number of Topliss-reactive ketones (excluding diaryl/α,β-unsaturated/α-hetero) is 1. The number of aromatic nitrogens is 1. The highest BCUT2D eigenvalue weighted by molar-refractivity contribution is 6.16. The molecule has 1 aliphatic heterocycles. The van der Waals surface area contributed by atoms with Crippen molar-refractivity contribution in [1.82, 2.24) is 14.4 Å². The van der Waals surface area contributed by atoms with Gasteiger partial charge in [-0.3, -0.25) is 9.59 Å². The molecule has 0 radical (unpaired) electrons. The summed E-state index contributed by atoms with van der Waals surface area (Å²) in [6.45, 7) is 4.44. The number of rotatable bonds is 7. The number of carbonyl (C=O) groups is 2. The molecule has 0 spiro atoms. The van der Waals surface area contributed by atoms with E-state index in [1.165, 1.54) is 0 Å². The summed E-state index contributed by atoms with van der Waals surface area (Å²) in [5, 5.41) is 2.14. The third-order valence-electron chi connectivity index (χ3n) is 6.00. The lowest BCUT2D eigenvalue weighted by Gasteiger charge is -2.13. The number of amides is 1. The largest absolute Gasteiger partial charge is 0.380 e. The smallest absolute Gasteiger partial charge is 0.254 e. The van der Waals surface area contributed by atoms with Gasteiger partial charge in [-0.1, -0.05) is 0 Å². The number of benzene rings is 2. The minimum absolute atomic E-state index is 0.0261. The summed E-state index contributed by atoms with van der Waals surface area (Å²) in [6, 6.07) is 8.11. The van der Waals surface area contributed by atoms with Crippen molar-refractivity contribution in [3.8, 4) is 0 Å². The molecule has 2 aromatic carbocycles. The first-order valence-electron chi connectivity index (χ1n) is 10.3. The number of fused-ring (bicyclic) bond motifs is 5. The molecule has 1 amide bonds. The zero-order valence-electron chi connectivity index (χ0n) is 18.4. The zero-order valence-corrected chi connectivity index (χ0v) is 18.4. The van der Waals surface area contributed by atoms with Crippen LogP contribution in [-0.2, 0) is 24.4 Å². The molecule has 1 aliphatic rings. The van der Waals surface area contributed by atoms with Gasteiger partial charge in [0.2, 0.25) is 0 Å². The average molecular weight is 408 g/mol. The predicted octanol–water partition coefficient (Wildman–Crippen LogP) is 3.68. The van der Waals surface area contributed by atoms with Crippen LogP contribution in [0.2, 0.25) is 0 Å². The normalized spacial score (nSPS) is 13.8. The second-order valence-corrected chi connectivity index (χ2v) is 8.47. The quantitative estimate of drug-likeness (QED) is 0.561. The lowest BCUT2D eigenvalue weighted by molar-refractivity contribution is 0.0816. The molecule has 1 aromatic heterocycles. The van der Waals surface area contributed by atoms with E-state index < -0.39 is 0 Å². The van der Waals surface area contributed by atoms with Crippen LogP contribution < -0.4 is 0 Å². The van der Waals surface area contributed by atoms with Crippen molar-refractivity contribution >= 4 is 33.5 Å². The van der Waals surface area contributed by atoms with Gasteiger partial charge in [-0.25, -0.2) is 0 Å². The Kier molecular flexibility index (Phi) is 5.38. The molecule has 0 fully saturated rings. The van der Waals surface area contributed by atoms with Crippen LogP contribution in [0.3, 0.4) is 0 Å². The van der Waals surface area contributed by atoms with Crippen LogP contribution in [0.1, 0.15) is 45.2 Å². The molecule has 3 aromatic rings. The Labute approximate surface area is 177 Å². The molecule has 30 heavy (non-hydrogen) atoms. The van der Waals surface area contributed by atoms with E-state index in [4.69, 9.17) is 4.74 Å². The predicted molar refractivity (Wildman–Crippen MR) is 119 cm³/mol. The van der Waals surface area contributed by atoms with Crippen LogP contribution in [0, 0.1) is 0 Å². The zero-order chi connectivity index (χ0) is 21.6. The second-order valence-electron chi connectivity index (χ2n) is 8.47. The lowest BCUT2D eigenvalue weighted by Crippen LogP contribution is -2.17. The van der Waals surface area contributed by atoms with Gasteiger partial charge < -0.3 is 19.1 Å². The maximum Gasteiger partial charge on any atom is 0.254 e. The molecule has 0 bridgehead atoms. The van der Waals surface area contributed by atoms with E-state index in [-0.39, 0.29) is 11.7 Å². The molecule has 0 N–H and O–H groups in total. The summed E-state index contributed by atoms with van der Waals surface area (Å²) in [5.41, 5.74) is 5.63. The maximum absolute atomic E-state index is 12.6. The monoisotopic (exact) mass is 407 g/mol. The summed E-state index contributed by atoms with van der Waals surface area (Å²) in [5.74, 6) is 0.0847. The number of hydrogen-bond donors (Lipinski definition) is 0. The Morgan fingerprint density at radius 1 is 1.20 bits per heavy atom. The minimum atomic E-state index is 0.0261. The Balaban J connectivity index is 2.02. The topological polar surface area (TPSA) is 54.8 Å². The third-order valence-corrected chi connectivity index (χ3v) is 6.00. The Morgan fingerprint density at radius 3 is 2.63 bits per heavy atom. The number of hydrogen-bond acceptors (Lipinski definition) is 4. The van der Waals surface area contributed by atoms with E-state index in [0.29, 0.717) is 18.7 Å². The third kappa shape index (κ3) is 3.30. The molecule has 6 heteroatoms. The van der Waals surface area contributed by atoms with E-state index >= 15 is 0 Å². The van der Waals surface area contributed by atoms with E-state index in [0.717, 1.165) is 58.0 Å². The fraction of sp³-hybridized carbons (Fsp3) is 0.417. The Bertz CT molecular complexity index is 1160. The highest BCUT2D eigenvalue weighted by Gasteiger charge is 2.29. The van der Waals surface area contributed by atoms with Gasteiger partial charge in [-0.2, -0.15) is 0 Å². The molecule has 0 atom stereocenters. The SMILES string of the molecule is COCc1cc2c(cc1C(C)=O)c1c3c(ccc1n2CCCN(C)C)C(=O)N(C)C3. The van der Waals surface area contributed by atoms with Crippen LogP contribution in [0.15, 0.2) is 24.3 Å². The van der Waals surface area contributed by atoms with Gasteiger partial charge in [0.1, 0.15) is 0 Å². The standard InChI is InChI=1S/C24H29N3O3/c1-15(28)18-12-19-22(11-16(18)14-30-5)27(10-6-9-25(2)3)21-8-7-17-20(23(19)21)13-26(4)24(17)29/h7-8,11-12H,6,9-10,13-14H2,1-5H3. The van der Waals surface area contributed by atoms with Crippen LogP contribution in [0.5, 0.6) is 0 Å². The molecule has 0 saturated heterocycles. The summed E-state index contributed by atoms with van der Waals surface area (Å²) in [7, 11) is 7.64. The first-order chi connectivity index (χ1) is 14.3. The average Bonchev–Trinajstić information content (AvgIpc) is 3.15. The van der Waals surface area contributed by atoms with Crippen molar-refractivity contribution in [3.05, 3.63) is 46.5 Å². The van der Waals surface area contributed by atoms with Crippen molar-refractivity contribution in [2.75, 3.05) is 34.8 Å². The summed E-state index contributed by atoms with van der Waals surface area (Å²) >= 11 is 0. The van der Waals surface area contributed by atoms with Gasteiger partial charge in [-0.15, -0.1) is 0 Å². The fourth-order valence-corrected chi connectivity index (χ4v) is 4.61. The highest BCUT2D eigenvalue weighted by atomic mass is 16.5.